The molecule has 0 saturated carbocycles. The van der Waals surface area contributed by atoms with E-state index in [1.165, 1.54) is 24.3 Å². The summed E-state index contributed by atoms with van der Waals surface area (Å²) < 4.78 is 26.9. The van der Waals surface area contributed by atoms with Gasteiger partial charge in [0.1, 0.15) is 0 Å². The first kappa shape index (κ1) is 22.2. The van der Waals surface area contributed by atoms with Gasteiger partial charge in [-0.1, -0.05) is 0 Å². The fourth-order valence-corrected chi connectivity index (χ4v) is 4.38. The maximum Gasteiger partial charge on any atom is 0.320 e. The third-order valence-corrected chi connectivity index (χ3v) is 6.35. The first-order valence-electron chi connectivity index (χ1n) is 9.65. The zero-order valence-corrected chi connectivity index (χ0v) is 17.8. The van der Waals surface area contributed by atoms with Gasteiger partial charge in [0.25, 0.3) is 5.91 Å². The van der Waals surface area contributed by atoms with Crippen LogP contribution >= 0.6 is 0 Å². The topological polar surface area (TPSA) is 90.0 Å². The molecule has 0 unspecified atom stereocenters. The van der Waals surface area contributed by atoms with E-state index >= 15 is 0 Å². The van der Waals surface area contributed by atoms with Gasteiger partial charge in [-0.25, -0.2) is 17.9 Å². The quantitative estimate of drug-likeness (QED) is 0.771. The van der Waals surface area contributed by atoms with Gasteiger partial charge in [-0.2, -0.15) is 0 Å². The van der Waals surface area contributed by atoms with E-state index in [0.29, 0.717) is 44.8 Å². The molecule has 8 nitrogen and oxygen atoms in total. The van der Waals surface area contributed by atoms with Crippen molar-refractivity contribution in [1.82, 2.24) is 19.4 Å². The smallest absolute Gasteiger partial charge is 0.320 e. The molecule has 3 amide bonds. The summed E-state index contributed by atoms with van der Waals surface area (Å²) in [5.41, 5.74) is 0.437. The molecule has 1 saturated heterocycles. The van der Waals surface area contributed by atoms with Crippen molar-refractivity contribution in [3.05, 3.63) is 29.8 Å². The largest absolute Gasteiger partial charge is 0.335 e. The number of nitrogens with one attached hydrogen (secondary N) is 1. The predicted molar refractivity (Wildman–Crippen MR) is 108 cm³/mol. The molecule has 0 radical (unpaired) electrons. The van der Waals surface area contributed by atoms with Crippen LogP contribution in [0.1, 0.15) is 38.1 Å². The summed E-state index contributed by atoms with van der Waals surface area (Å²) in [5, 5.41) is 0. The Balaban J connectivity index is 1.99. The predicted octanol–water partition coefficient (Wildman–Crippen LogP) is 1.59. The molecule has 0 atom stereocenters. The zero-order chi connectivity index (χ0) is 20.9. The van der Waals surface area contributed by atoms with Crippen LogP contribution in [0.5, 0.6) is 0 Å². The van der Waals surface area contributed by atoms with Crippen LogP contribution in [0.2, 0.25) is 0 Å². The van der Waals surface area contributed by atoms with Gasteiger partial charge in [-0.05, 0) is 52.0 Å². The molecule has 9 heteroatoms. The molecule has 1 aliphatic rings. The molecule has 28 heavy (non-hydrogen) atoms. The lowest BCUT2D eigenvalue weighted by Gasteiger charge is -2.37. The number of benzene rings is 1. The highest BCUT2D eigenvalue weighted by molar-refractivity contribution is 7.89. The normalized spacial score (nSPS) is 15.0. The van der Waals surface area contributed by atoms with E-state index in [1.807, 2.05) is 13.8 Å². The standard InChI is InChI=1S/C19H30N4O4S/c1-5-21(6-2)19(25)23-13-11-22(12-14-23)18(24)16-7-9-17(10-8-16)28(26,27)20-15(3)4/h7-10,15,20H,5-6,11-14H2,1-4H3. The third-order valence-electron chi connectivity index (χ3n) is 4.67. The van der Waals surface area contributed by atoms with Crippen LogP contribution in [-0.2, 0) is 10.0 Å². The van der Waals surface area contributed by atoms with Crippen LogP contribution in [0, 0.1) is 0 Å². The van der Waals surface area contributed by atoms with Gasteiger partial charge < -0.3 is 14.7 Å². The maximum absolute atomic E-state index is 12.7. The summed E-state index contributed by atoms with van der Waals surface area (Å²) in [6.07, 6.45) is 0. The Hall–Kier alpha value is -2.13. The van der Waals surface area contributed by atoms with Crippen molar-refractivity contribution in [2.24, 2.45) is 0 Å². The monoisotopic (exact) mass is 410 g/mol. The Kier molecular flexibility index (Phi) is 7.42. The Labute approximate surface area is 167 Å². The molecular weight excluding hydrogens is 380 g/mol. The lowest BCUT2D eigenvalue weighted by molar-refractivity contribution is 0.0641. The number of nitrogens with zero attached hydrogens (tertiary/aromatic N) is 3. The van der Waals surface area contributed by atoms with Crippen molar-refractivity contribution in [2.45, 2.75) is 38.6 Å². The molecule has 0 aliphatic carbocycles. The SMILES string of the molecule is CCN(CC)C(=O)N1CCN(C(=O)c2ccc(S(=O)(=O)NC(C)C)cc2)CC1. The average molecular weight is 411 g/mol. The van der Waals surface area contributed by atoms with Crippen molar-refractivity contribution in [3.8, 4) is 0 Å². The summed E-state index contributed by atoms with van der Waals surface area (Å²) >= 11 is 0. The number of hydrogen-bond acceptors (Lipinski definition) is 4. The van der Waals surface area contributed by atoms with E-state index in [-0.39, 0.29) is 22.9 Å². The molecule has 1 N–H and O–H groups in total. The number of carbonyl (C=O) groups excluding carboxylic acids is 2. The molecule has 2 rings (SSSR count). The van der Waals surface area contributed by atoms with Crippen LogP contribution in [0.3, 0.4) is 0 Å². The van der Waals surface area contributed by atoms with Gasteiger partial charge in [0.15, 0.2) is 0 Å². The first-order chi connectivity index (χ1) is 13.2. The number of sulfonamides is 1. The minimum absolute atomic E-state index is 0.00399. The van der Waals surface area contributed by atoms with Crippen LogP contribution in [-0.4, -0.2) is 80.4 Å². The van der Waals surface area contributed by atoms with Gasteiger partial charge in [0.2, 0.25) is 10.0 Å². The van der Waals surface area contributed by atoms with Crippen LogP contribution in [0.25, 0.3) is 0 Å². The number of hydrogen-bond donors (Lipinski definition) is 1. The van der Waals surface area contributed by atoms with Crippen molar-refractivity contribution in [3.63, 3.8) is 0 Å². The fraction of sp³-hybridized carbons (Fsp3) is 0.579. The number of urea groups is 1. The Morgan fingerprint density at radius 2 is 1.50 bits per heavy atom. The van der Waals surface area contributed by atoms with E-state index in [0.717, 1.165) is 0 Å². The lowest BCUT2D eigenvalue weighted by Crippen LogP contribution is -2.54. The highest BCUT2D eigenvalue weighted by Gasteiger charge is 2.27. The number of piperazine rings is 1. The van der Waals surface area contributed by atoms with Crippen molar-refractivity contribution in [1.29, 1.82) is 0 Å². The fourth-order valence-electron chi connectivity index (χ4n) is 3.13. The van der Waals surface area contributed by atoms with E-state index in [2.05, 4.69) is 4.72 Å². The lowest BCUT2D eigenvalue weighted by atomic mass is 10.2. The van der Waals surface area contributed by atoms with E-state index in [9.17, 15) is 18.0 Å². The summed E-state index contributed by atoms with van der Waals surface area (Å²) in [6.45, 7) is 10.6. The zero-order valence-electron chi connectivity index (χ0n) is 17.0. The molecular formula is C19H30N4O4S. The summed E-state index contributed by atoms with van der Waals surface area (Å²) in [5.74, 6) is -0.157. The van der Waals surface area contributed by atoms with E-state index in [4.69, 9.17) is 0 Å². The Bertz CT molecular complexity index is 781. The molecule has 0 bridgehead atoms. The molecule has 0 aromatic heterocycles. The molecule has 156 valence electrons. The molecule has 1 aliphatic heterocycles. The molecule has 1 fully saturated rings. The van der Waals surface area contributed by atoms with E-state index in [1.54, 1.807) is 28.5 Å². The number of carbonyl (C=O) groups is 2. The van der Waals surface area contributed by atoms with Crippen LogP contribution in [0.15, 0.2) is 29.2 Å². The highest BCUT2D eigenvalue weighted by Crippen LogP contribution is 2.14. The molecule has 1 aromatic carbocycles. The van der Waals surface area contributed by atoms with Crippen molar-refractivity contribution < 1.29 is 18.0 Å². The number of rotatable bonds is 6. The van der Waals surface area contributed by atoms with Gasteiger partial charge in [-0.3, -0.25) is 4.79 Å². The second kappa shape index (κ2) is 9.38. The molecule has 0 spiro atoms. The third kappa shape index (κ3) is 5.23. The molecule has 1 heterocycles. The second-order valence-corrected chi connectivity index (χ2v) is 8.75. The Morgan fingerprint density at radius 1 is 1.00 bits per heavy atom. The van der Waals surface area contributed by atoms with Gasteiger partial charge in [0, 0.05) is 50.9 Å². The highest BCUT2D eigenvalue weighted by atomic mass is 32.2. The van der Waals surface area contributed by atoms with Gasteiger partial charge >= 0.3 is 6.03 Å². The van der Waals surface area contributed by atoms with Gasteiger partial charge in [-0.15, -0.1) is 0 Å². The Morgan fingerprint density at radius 3 is 1.96 bits per heavy atom. The van der Waals surface area contributed by atoms with Crippen molar-refractivity contribution in [2.75, 3.05) is 39.3 Å². The minimum Gasteiger partial charge on any atom is -0.335 e. The number of amides is 3. The molecule has 1 aromatic rings. The minimum atomic E-state index is -3.58. The average Bonchev–Trinajstić information content (AvgIpc) is 2.67. The van der Waals surface area contributed by atoms with Crippen molar-refractivity contribution >= 4 is 22.0 Å². The van der Waals surface area contributed by atoms with Gasteiger partial charge in [0.05, 0.1) is 4.90 Å². The maximum atomic E-state index is 12.7. The van der Waals surface area contributed by atoms with Crippen LogP contribution < -0.4 is 4.72 Å². The second-order valence-electron chi connectivity index (χ2n) is 7.03. The van der Waals surface area contributed by atoms with E-state index < -0.39 is 10.0 Å². The first-order valence-corrected chi connectivity index (χ1v) is 11.1. The van der Waals surface area contributed by atoms with Crippen LogP contribution in [0.4, 0.5) is 4.79 Å². The summed E-state index contributed by atoms with van der Waals surface area (Å²) in [7, 11) is -3.58. The summed E-state index contributed by atoms with van der Waals surface area (Å²) in [6, 6.07) is 5.75. The summed E-state index contributed by atoms with van der Waals surface area (Å²) in [4.78, 5) is 30.5.